The molecule has 0 bridgehead atoms. The molecule has 1 atom stereocenters. The third kappa shape index (κ3) is 4.34. The molecule has 2 rings (SSSR count). The molecule has 1 unspecified atom stereocenters. The van der Waals surface area contributed by atoms with Gasteiger partial charge in [0.2, 0.25) is 0 Å². The van der Waals surface area contributed by atoms with Crippen LogP contribution < -0.4 is 5.32 Å². The lowest BCUT2D eigenvalue weighted by molar-refractivity contribution is 0.0912. The zero-order valence-corrected chi connectivity index (χ0v) is 12.8. The molecule has 3 nitrogen and oxygen atoms in total. The van der Waals surface area contributed by atoms with Crippen molar-refractivity contribution in [2.45, 2.75) is 29.2 Å². The lowest BCUT2D eigenvalue weighted by Crippen LogP contribution is -2.37. The van der Waals surface area contributed by atoms with Crippen LogP contribution in [0.5, 0.6) is 0 Å². The first-order chi connectivity index (χ1) is 10.2. The summed E-state index contributed by atoms with van der Waals surface area (Å²) in [7, 11) is 0. The number of hydrogen-bond acceptors (Lipinski definition) is 3. The quantitative estimate of drug-likeness (QED) is 0.860. The fraction of sp³-hybridized carbons (Fsp3) is 0.235. The van der Waals surface area contributed by atoms with Crippen LogP contribution in [0.15, 0.2) is 64.4 Å². The molecule has 1 amide bonds. The summed E-state index contributed by atoms with van der Waals surface area (Å²) in [5, 5.41) is 12.1. The van der Waals surface area contributed by atoms with E-state index in [0.717, 1.165) is 9.79 Å². The van der Waals surface area contributed by atoms with Gasteiger partial charge in [0.1, 0.15) is 0 Å². The molecule has 0 fully saturated rings. The first-order valence-electron chi connectivity index (χ1n) is 6.98. The summed E-state index contributed by atoms with van der Waals surface area (Å²) in [5.41, 5.74) is 0.637. The fourth-order valence-corrected chi connectivity index (χ4v) is 2.86. The maximum Gasteiger partial charge on any atom is 0.252 e. The molecule has 2 N–H and O–H groups in total. The SMILES string of the molecule is CCC(CO)NC(=O)c1ccccc1Sc1ccccc1. The molecule has 21 heavy (non-hydrogen) atoms. The minimum atomic E-state index is -0.202. The monoisotopic (exact) mass is 301 g/mol. The Labute approximate surface area is 129 Å². The molecule has 2 aromatic rings. The zero-order valence-electron chi connectivity index (χ0n) is 12.0. The number of benzene rings is 2. The molecule has 0 aliphatic carbocycles. The third-order valence-electron chi connectivity index (χ3n) is 3.15. The molecule has 110 valence electrons. The summed E-state index contributed by atoms with van der Waals surface area (Å²) in [6.45, 7) is 1.89. The van der Waals surface area contributed by atoms with Gasteiger partial charge in [-0.15, -0.1) is 0 Å². The highest BCUT2D eigenvalue weighted by Crippen LogP contribution is 2.30. The van der Waals surface area contributed by atoms with Crippen LogP contribution in [-0.2, 0) is 0 Å². The van der Waals surface area contributed by atoms with Gasteiger partial charge in [-0.25, -0.2) is 0 Å². The van der Waals surface area contributed by atoms with Crippen LogP contribution in [0.3, 0.4) is 0 Å². The molecule has 0 saturated heterocycles. The number of carbonyl (C=O) groups is 1. The van der Waals surface area contributed by atoms with Crippen LogP contribution in [0.2, 0.25) is 0 Å². The van der Waals surface area contributed by atoms with Crippen molar-refractivity contribution in [3.05, 3.63) is 60.2 Å². The average molecular weight is 301 g/mol. The molecule has 0 aliphatic heterocycles. The molecule has 0 heterocycles. The normalized spacial score (nSPS) is 11.9. The van der Waals surface area contributed by atoms with Crippen molar-refractivity contribution >= 4 is 17.7 Å². The van der Waals surface area contributed by atoms with E-state index in [9.17, 15) is 9.90 Å². The molecule has 0 saturated carbocycles. The minimum Gasteiger partial charge on any atom is -0.394 e. The first-order valence-corrected chi connectivity index (χ1v) is 7.80. The second kappa shape index (κ2) is 7.86. The van der Waals surface area contributed by atoms with Crippen molar-refractivity contribution in [1.29, 1.82) is 0 Å². The summed E-state index contributed by atoms with van der Waals surface area (Å²) in [6, 6.07) is 17.3. The molecule has 2 aromatic carbocycles. The number of amides is 1. The highest BCUT2D eigenvalue weighted by Gasteiger charge is 2.15. The van der Waals surface area contributed by atoms with E-state index < -0.39 is 0 Å². The smallest absolute Gasteiger partial charge is 0.252 e. The van der Waals surface area contributed by atoms with Crippen molar-refractivity contribution < 1.29 is 9.90 Å². The van der Waals surface area contributed by atoms with Gasteiger partial charge in [0, 0.05) is 9.79 Å². The van der Waals surface area contributed by atoms with Gasteiger partial charge < -0.3 is 10.4 Å². The Morgan fingerprint density at radius 3 is 2.48 bits per heavy atom. The third-order valence-corrected chi connectivity index (χ3v) is 4.23. The van der Waals surface area contributed by atoms with E-state index >= 15 is 0 Å². The van der Waals surface area contributed by atoms with Crippen LogP contribution in [0, 0.1) is 0 Å². The Morgan fingerprint density at radius 1 is 1.14 bits per heavy atom. The zero-order chi connectivity index (χ0) is 15.1. The van der Waals surface area contributed by atoms with E-state index in [1.165, 1.54) is 0 Å². The Hall–Kier alpha value is -1.78. The van der Waals surface area contributed by atoms with Gasteiger partial charge in [-0.1, -0.05) is 49.0 Å². The lowest BCUT2D eigenvalue weighted by atomic mass is 10.2. The van der Waals surface area contributed by atoms with Crippen LogP contribution in [0.25, 0.3) is 0 Å². The molecule has 0 radical (unpaired) electrons. The van der Waals surface area contributed by atoms with E-state index in [1.807, 2.05) is 61.5 Å². The van der Waals surface area contributed by atoms with Crippen LogP contribution in [0.1, 0.15) is 23.7 Å². The summed E-state index contributed by atoms with van der Waals surface area (Å²) >= 11 is 1.56. The van der Waals surface area contributed by atoms with Gasteiger partial charge >= 0.3 is 0 Å². The molecular formula is C17H19NO2S. The lowest BCUT2D eigenvalue weighted by Gasteiger charge is -2.15. The summed E-state index contributed by atoms with van der Waals surface area (Å²) < 4.78 is 0. The predicted molar refractivity (Wildman–Crippen MR) is 85.6 cm³/mol. The maximum atomic E-state index is 12.3. The summed E-state index contributed by atoms with van der Waals surface area (Å²) in [5.74, 6) is -0.144. The maximum absolute atomic E-state index is 12.3. The van der Waals surface area contributed by atoms with Crippen LogP contribution in [0.4, 0.5) is 0 Å². The Bertz CT molecular complexity index is 582. The largest absolute Gasteiger partial charge is 0.394 e. The summed E-state index contributed by atoms with van der Waals surface area (Å²) in [6.07, 6.45) is 0.705. The minimum absolute atomic E-state index is 0.0454. The second-order valence-electron chi connectivity index (χ2n) is 4.67. The van der Waals surface area contributed by atoms with Crippen molar-refractivity contribution in [3.63, 3.8) is 0 Å². The Kier molecular flexibility index (Phi) is 5.84. The predicted octanol–water partition coefficient (Wildman–Crippen LogP) is 3.34. The topological polar surface area (TPSA) is 49.3 Å². The van der Waals surface area contributed by atoms with E-state index in [1.54, 1.807) is 11.8 Å². The van der Waals surface area contributed by atoms with E-state index in [4.69, 9.17) is 0 Å². The van der Waals surface area contributed by atoms with Crippen LogP contribution >= 0.6 is 11.8 Å². The number of nitrogens with one attached hydrogen (secondary N) is 1. The van der Waals surface area contributed by atoms with E-state index in [2.05, 4.69) is 5.32 Å². The van der Waals surface area contributed by atoms with Gasteiger partial charge in [0.15, 0.2) is 0 Å². The fourth-order valence-electron chi connectivity index (χ4n) is 1.90. The van der Waals surface area contributed by atoms with Gasteiger partial charge in [-0.2, -0.15) is 0 Å². The van der Waals surface area contributed by atoms with Gasteiger partial charge in [0.25, 0.3) is 5.91 Å². The van der Waals surface area contributed by atoms with E-state index in [0.29, 0.717) is 12.0 Å². The van der Waals surface area contributed by atoms with Crippen molar-refractivity contribution in [1.82, 2.24) is 5.32 Å². The first kappa shape index (κ1) is 15.6. The number of aliphatic hydroxyl groups is 1. The number of carbonyl (C=O) groups excluding carboxylic acids is 1. The van der Waals surface area contributed by atoms with Crippen molar-refractivity contribution in [2.24, 2.45) is 0 Å². The Balaban J connectivity index is 2.18. The average Bonchev–Trinajstić information content (AvgIpc) is 2.54. The van der Waals surface area contributed by atoms with Crippen LogP contribution in [-0.4, -0.2) is 23.7 Å². The molecule has 4 heteroatoms. The highest BCUT2D eigenvalue weighted by molar-refractivity contribution is 7.99. The number of hydrogen-bond donors (Lipinski definition) is 2. The Morgan fingerprint density at radius 2 is 1.81 bits per heavy atom. The molecule has 0 spiro atoms. The van der Waals surface area contributed by atoms with Gasteiger partial charge in [0.05, 0.1) is 18.2 Å². The second-order valence-corrected chi connectivity index (χ2v) is 5.79. The highest BCUT2D eigenvalue weighted by atomic mass is 32.2. The van der Waals surface area contributed by atoms with Gasteiger partial charge in [-0.05, 0) is 30.7 Å². The number of rotatable bonds is 6. The standard InChI is InChI=1S/C17H19NO2S/c1-2-13(12-19)18-17(20)15-10-6-7-11-16(15)21-14-8-4-3-5-9-14/h3-11,13,19H,2,12H2,1H3,(H,18,20). The molecule has 0 aliphatic rings. The number of aliphatic hydroxyl groups excluding tert-OH is 1. The van der Waals surface area contributed by atoms with Crippen molar-refractivity contribution in [2.75, 3.05) is 6.61 Å². The molecular weight excluding hydrogens is 282 g/mol. The van der Waals surface area contributed by atoms with E-state index in [-0.39, 0.29) is 18.6 Å². The van der Waals surface area contributed by atoms with Gasteiger partial charge in [-0.3, -0.25) is 4.79 Å². The molecule has 0 aromatic heterocycles. The summed E-state index contributed by atoms with van der Waals surface area (Å²) in [4.78, 5) is 14.3. The van der Waals surface area contributed by atoms with Crippen molar-refractivity contribution in [3.8, 4) is 0 Å².